The molecule has 0 bridgehead atoms. The standard InChI is InChI=1S/C21H24N2O3/c1-16(24)17-8-7-9-18(14-17)26-15-21(25)22-19-10-3-4-11-20(19)23-12-5-2-6-13-23/h3-4,7-11,14H,2,5-6,12-13,15H2,1H3,(H,22,25). The Morgan fingerprint density at radius 3 is 2.58 bits per heavy atom. The van der Waals surface area contributed by atoms with Crippen LogP contribution in [0.1, 0.15) is 36.5 Å². The van der Waals surface area contributed by atoms with Gasteiger partial charge in [0.1, 0.15) is 5.75 Å². The molecule has 26 heavy (non-hydrogen) atoms. The maximum absolute atomic E-state index is 12.3. The van der Waals surface area contributed by atoms with Crippen LogP contribution in [0.15, 0.2) is 48.5 Å². The highest BCUT2D eigenvalue weighted by Gasteiger charge is 2.15. The molecule has 0 radical (unpaired) electrons. The fraction of sp³-hybridized carbons (Fsp3) is 0.333. The van der Waals surface area contributed by atoms with E-state index in [0.29, 0.717) is 11.3 Å². The zero-order valence-corrected chi connectivity index (χ0v) is 15.0. The first-order valence-corrected chi connectivity index (χ1v) is 9.01. The fourth-order valence-corrected chi connectivity index (χ4v) is 3.13. The van der Waals surface area contributed by atoms with E-state index in [-0.39, 0.29) is 18.3 Å². The molecule has 136 valence electrons. The molecule has 0 spiro atoms. The highest BCUT2D eigenvalue weighted by atomic mass is 16.5. The minimum Gasteiger partial charge on any atom is -0.484 e. The Morgan fingerprint density at radius 2 is 1.81 bits per heavy atom. The molecule has 2 aromatic rings. The molecule has 0 aromatic heterocycles. The molecule has 1 N–H and O–H groups in total. The second-order valence-electron chi connectivity index (χ2n) is 6.49. The van der Waals surface area contributed by atoms with Gasteiger partial charge in [0.15, 0.2) is 12.4 Å². The van der Waals surface area contributed by atoms with Crippen LogP contribution in [0.25, 0.3) is 0 Å². The molecule has 1 heterocycles. The molecule has 5 heteroatoms. The van der Waals surface area contributed by atoms with E-state index < -0.39 is 0 Å². The van der Waals surface area contributed by atoms with Crippen molar-refractivity contribution in [1.82, 2.24) is 0 Å². The first-order chi connectivity index (χ1) is 12.6. The molecule has 5 nitrogen and oxygen atoms in total. The molecule has 1 fully saturated rings. The van der Waals surface area contributed by atoms with Gasteiger partial charge in [0.2, 0.25) is 0 Å². The molecule has 1 aliphatic heterocycles. The maximum Gasteiger partial charge on any atom is 0.262 e. The number of hydrogen-bond donors (Lipinski definition) is 1. The first-order valence-electron chi connectivity index (χ1n) is 9.01. The maximum atomic E-state index is 12.3. The molecule has 1 aliphatic rings. The van der Waals surface area contributed by atoms with E-state index in [9.17, 15) is 9.59 Å². The summed E-state index contributed by atoms with van der Waals surface area (Å²) in [6.45, 7) is 3.43. The van der Waals surface area contributed by atoms with Crippen LogP contribution < -0.4 is 15.0 Å². The molecule has 1 saturated heterocycles. The number of benzene rings is 2. The van der Waals surface area contributed by atoms with Crippen molar-refractivity contribution in [3.8, 4) is 5.75 Å². The Bertz CT molecular complexity index is 782. The van der Waals surface area contributed by atoms with Gasteiger partial charge in [-0.3, -0.25) is 9.59 Å². The van der Waals surface area contributed by atoms with E-state index in [4.69, 9.17) is 4.74 Å². The van der Waals surface area contributed by atoms with E-state index >= 15 is 0 Å². The number of para-hydroxylation sites is 2. The first kappa shape index (κ1) is 18.0. The number of amides is 1. The lowest BCUT2D eigenvalue weighted by atomic mass is 10.1. The van der Waals surface area contributed by atoms with E-state index in [0.717, 1.165) is 24.5 Å². The third kappa shape index (κ3) is 4.63. The lowest BCUT2D eigenvalue weighted by Crippen LogP contribution is -2.30. The Hall–Kier alpha value is -2.82. The molecule has 0 aliphatic carbocycles. The van der Waals surface area contributed by atoms with Crippen molar-refractivity contribution < 1.29 is 14.3 Å². The van der Waals surface area contributed by atoms with Gasteiger partial charge >= 0.3 is 0 Å². The van der Waals surface area contributed by atoms with Crippen LogP contribution in [-0.4, -0.2) is 31.4 Å². The Balaban J connectivity index is 1.62. The van der Waals surface area contributed by atoms with Gasteiger partial charge in [-0.15, -0.1) is 0 Å². The van der Waals surface area contributed by atoms with Crippen molar-refractivity contribution in [3.05, 3.63) is 54.1 Å². The van der Waals surface area contributed by atoms with Crippen LogP contribution in [0.4, 0.5) is 11.4 Å². The van der Waals surface area contributed by atoms with Crippen LogP contribution in [0, 0.1) is 0 Å². The van der Waals surface area contributed by atoms with Gasteiger partial charge in [0.05, 0.1) is 11.4 Å². The van der Waals surface area contributed by atoms with Crippen LogP contribution in [-0.2, 0) is 4.79 Å². The SMILES string of the molecule is CC(=O)c1cccc(OCC(=O)Nc2ccccc2N2CCCCC2)c1. The number of piperidine rings is 1. The number of Topliss-reactive ketones (excluding diaryl/α,β-unsaturated/α-hetero) is 1. The summed E-state index contributed by atoms with van der Waals surface area (Å²) in [5, 5.41) is 2.94. The molecular formula is C21H24N2O3. The summed E-state index contributed by atoms with van der Waals surface area (Å²) in [5.41, 5.74) is 2.43. The largest absolute Gasteiger partial charge is 0.484 e. The van der Waals surface area contributed by atoms with Gasteiger partial charge < -0.3 is 15.0 Å². The molecule has 1 amide bonds. The molecule has 0 saturated carbocycles. The van der Waals surface area contributed by atoms with Crippen molar-refractivity contribution in [3.63, 3.8) is 0 Å². The summed E-state index contributed by atoms with van der Waals surface area (Å²) in [6.07, 6.45) is 3.62. The average Bonchev–Trinajstić information content (AvgIpc) is 2.68. The normalized spacial score (nSPS) is 14.0. The molecular weight excluding hydrogens is 328 g/mol. The van der Waals surface area contributed by atoms with Gasteiger partial charge in [-0.25, -0.2) is 0 Å². The van der Waals surface area contributed by atoms with E-state index in [1.165, 1.54) is 26.2 Å². The zero-order chi connectivity index (χ0) is 18.4. The Kier molecular flexibility index (Phi) is 5.89. The van der Waals surface area contributed by atoms with Crippen LogP contribution in [0.2, 0.25) is 0 Å². The highest BCUT2D eigenvalue weighted by Crippen LogP contribution is 2.28. The molecule has 0 atom stereocenters. The Labute approximate surface area is 154 Å². The topological polar surface area (TPSA) is 58.6 Å². The quantitative estimate of drug-likeness (QED) is 0.801. The second kappa shape index (κ2) is 8.52. The van der Waals surface area contributed by atoms with Crippen molar-refractivity contribution in [1.29, 1.82) is 0 Å². The predicted octanol–water partition coefficient (Wildman–Crippen LogP) is 3.90. The summed E-state index contributed by atoms with van der Waals surface area (Å²) in [5.74, 6) is 0.259. The summed E-state index contributed by atoms with van der Waals surface area (Å²) < 4.78 is 5.54. The lowest BCUT2D eigenvalue weighted by molar-refractivity contribution is -0.118. The Morgan fingerprint density at radius 1 is 1.04 bits per heavy atom. The number of nitrogens with one attached hydrogen (secondary N) is 1. The molecule has 3 rings (SSSR count). The number of carbonyl (C=O) groups excluding carboxylic acids is 2. The summed E-state index contributed by atoms with van der Waals surface area (Å²) in [7, 11) is 0. The summed E-state index contributed by atoms with van der Waals surface area (Å²) in [4.78, 5) is 26.1. The zero-order valence-electron chi connectivity index (χ0n) is 15.0. The average molecular weight is 352 g/mol. The van der Waals surface area contributed by atoms with Crippen LogP contribution in [0.3, 0.4) is 0 Å². The van der Waals surface area contributed by atoms with Crippen molar-refractivity contribution in [2.75, 3.05) is 29.9 Å². The van der Waals surface area contributed by atoms with E-state index in [1.54, 1.807) is 24.3 Å². The second-order valence-corrected chi connectivity index (χ2v) is 6.49. The van der Waals surface area contributed by atoms with Crippen LogP contribution in [0.5, 0.6) is 5.75 Å². The number of hydrogen-bond acceptors (Lipinski definition) is 4. The van der Waals surface area contributed by atoms with Crippen molar-refractivity contribution in [2.45, 2.75) is 26.2 Å². The number of ketones is 1. The molecule has 0 unspecified atom stereocenters. The van der Waals surface area contributed by atoms with Crippen LogP contribution >= 0.6 is 0 Å². The minimum atomic E-state index is -0.220. The number of carbonyl (C=O) groups is 2. The minimum absolute atomic E-state index is 0.0321. The third-order valence-electron chi connectivity index (χ3n) is 4.49. The third-order valence-corrected chi connectivity index (χ3v) is 4.49. The fourth-order valence-electron chi connectivity index (χ4n) is 3.13. The van der Waals surface area contributed by atoms with Gasteiger partial charge in [-0.1, -0.05) is 24.3 Å². The van der Waals surface area contributed by atoms with Gasteiger partial charge in [0.25, 0.3) is 5.91 Å². The van der Waals surface area contributed by atoms with E-state index in [2.05, 4.69) is 10.2 Å². The smallest absolute Gasteiger partial charge is 0.262 e. The summed E-state index contributed by atoms with van der Waals surface area (Å²) >= 11 is 0. The lowest BCUT2D eigenvalue weighted by Gasteiger charge is -2.30. The predicted molar refractivity (Wildman–Crippen MR) is 103 cm³/mol. The van der Waals surface area contributed by atoms with Gasteiger partial charge in [-0.2, -0.15) is 0 Å². The summed E-state index contributed by atoms with van der Waals surface area (Å²) in [6, 6.07) is 14.7. The highest BCUT2D eigenvalue weighted by molar-refractivity contribution is 5.96. The number of ether oxygens (including phenoxy) is 1. The number of anilines is 2. The number of rotatable bonds is 6. The van der Waals surface area contributed by atoms with Crippen molar-refractivity contribution in [2.24, 2.45) is 0 Å². The number of nitrogens with zero attached hydrogens (tertiary/aromatic N) is 1. The molecule has 2 aromatic carbocycles. The monoisotopic (exact) mass is 352 g/mol. The van der Waals surface area contributed by atoms with Crippen molar-refractivity contribution >= 4 is 23.1 Å². The van der Waals surface area contributed by atoms with Gasteiger partial charge in [-0.05, 0) is 50.5 Å². The van der Waals surface area contributed by atoms with E-state index in [1.807, 2.05) is 24.3 Å². The van der Waals surface area contributed by atoms with Gasteiger partial charge in [0, 0.05) is 18.7 Å².